The number of aryl methyl sites for hydroxylation is 2. The first-order valence-electron chi connectivity index (χ1n) is 10.1. The highest BCUT2D eigenvalue weighted by atomic mass is 19.1. The maximum Gasteiger partial charge on any atom is 0.331 e. The molecule has 0 amide bonds. The average molecular weight is 419 g/mol. The number of aromatic nitrogens is 3. The van der Waals surface area contributed by atoms with Crippen LogP contribution >= 0.6 is 0 Å². The lowest BCUT2D eigenvalue weighted by molar-refractivity contribution is 0.0477. The molecule has 2 aromatic carbocycles. The number of hydrogen-bond acceptors (Lipinski definition) is 3. The SMILES string of the molecule is Cc1ccc(-c2c3c(=O)n(C)c(=O)n(C)c3c3n2CCO[C@H]3c2cccc(F)c2)cc1. The lowest BCUT2D eigenvalue weighted by Crippen LogP contribution is -2.37. The van der Waals surface area contributed by atoms with Crippen molar-refractivity contribution in [3.8, 4) is 11.3 Å². The Hall–Kier alpha value is -3.45. The number of nitrogens with zero attached hydrogens (tertiary/aromatic N) is 3. The summed E-state index contributed by atoms with van der Waals surface area (Å²) in [5.74, 6) is -0.363. The molecular weight excluding hydrogens is 397 g/mol. The van der Waals surface area contributed by atoms with Crippen molar-refractivity contribution in [2.75, 3.05) is 6.61 Å². The minimum Gasteiger partial charge on any atom is -0.365 e. The van der Waals surface area contributed by atoms with Crippen molar-refractivity contribution >= 4 is 10.9 Å². The Morgan fingerprint density at radius 1 is 1.03 bits per heavy atom. The summed E-state index contributed by atoms with van der Waals surface area (Å²) in [7, 11) is 3.14. The molecule has 1 atom stereocenters. The standard InChI is InChI=1S/C24H22FN3O3/c1-14-7-9-15(10-8-14)19-18-20(26(2)24(30)27(3)23(18)29)21-22(31-12-11-28(19)21)16-5-4-6-17(25)13-16/h4-10,13,22H,11-12H2,1-3H3/t22-/m0/s1. The summed E-state index contributed by atoms with van der Waals surface area (Å²) in [5.41, 5.74) is 3.85. The molecule has 6 nitrogen and oxygen atoms in total. The van der Waals surface area contributed by atoms with Gasteiger partial charge >= 0.3 is 5.69 Å². The first-order chi connectivity index (χ1) is 14.9. The summed E-state index contributed by atoms with van der Waals surface area (Å²) >= 11 is 0. The van der Waals surface area contributed by atoms with Gasteiger partial charge in [0.2, 0.25) is 0 Å². The van der Waals surface area contributed by atoms with Crippen LogP contribution in [0.4, 0.5) is 4.39 Å². The number of halogens is 1. The van der Waals surface area contributed by atoms with Gasteiger partial charge in [-0.15, -0.1) is 0 Å². The van der Waals surface area contributed by atoms with Crippen LogP contribution in [0.1, 0.15) is 22.9 Å². The molecule has 3 heterocycles. The zero-order chi connectivity index (χ0) is 21.9. The molecule has 0 unspecified atom stereocenters. The predicted octanol–water partition coefficient (Wildman–Crippen LogP) is 3.27. The van der Waals surface area contributed by atoms with E-state index in [1.54, 1.807) is 19.2 Å². The normalized spacial score (nSPS) is 15.9. The quantitative estimate of drug-likeness (QED) is 0.501. The Balaban J connectivity index is 1.94. The van der Waals surface area contributed by atoms with E-state index in [2.05, 4.69) is 4.57 Å². The van der Waals surface area contributed by atoms with Crippen molar-refractivity contribution in [2.24, 2.45) is 14.1 Å². The maximum absolute atomic E-state index is 14.0. The van der Waals surface area contributed by atoms with Crippen molar-refractivity contribution in [1.82, 2.24) is 13.7 Å². The molecule has 0 saturated heterocycles. The van der Waals surface area contributed by atoms with Crippen LogP contribution < -0.4 is 11.2 Å². The summed E-state index contributed by atoms with van der Waals surface area (Å²) < 4.78 is 24.8. The van der Waals surface area contributed by atoms with Crippen LogP contribution in [0, 0.1) is 12.7 Å². The monoisotopic (exact) mass is 419 g/mol. The van der Waals surface area contributed by atoms with E-state index in [9.17, 15) is 14.0 Å². The molecular formula is C24H22FN3O3. The van der Waals surface area contributed by atoms with Gasteiger partial charge in [-0.05, 0) is 30.2 Å². The van der Waals surface area contributed by atoms with Crippen molar-refractivity contribution in [2.45, 2.75) is 19.6 Å². The van der Waals surface area contributed by atoms with Crippen LogP contribution in [-0.4, -0.2) is 20.3 Å². The zero-order valence-electron chi connectivity index (χ0n) is 17.6. The van der Waals surface area contributed by atoms with E-state index < -0.39 is 11.8 Å². The molecule has 0 bridgehead atoms. The summed E-state index contributed by atoms with van der Waals surface area (Å²) in [6.45, 7) is 2.94. The van der Waals surface area contributed by atoms with E-state index in [0.717, 1.165) is 21.4 Å². The van der Waals surface area contributed by atoms with Crippen LogP contribution in [-0.2, 0) is 25.4 Å². The predicted molar refractivity (Wildman–Crippen MR) is 117 cm³/mol. The van der Waals surface area contributed by atoms with Gasteiger partial charge in [0.25, 0.3) is 5.56 Å². The topological polar surface area (TPSA) is 58.2 Å². The molecule has 158 valence electrons. The van der Waals surface area contributed by atoms with E-state index >= 15 is 0 Å². The molecule has 0 N–H and O–H groups in total. The van der Waals surface area contributed by atoms with E-state index in [0.29, 0.717) is 35.3 Å². The van der Waals surface area contributed by atoms with Crippen LogP contribution in [0.15, 0.2) is 58.1 Å². The molecule has 0 radical (unpaired) electrons. The smallest absolute Gasteiger partial charge is 0.331 e. The van der Waals surface area contributed by atoms with E-state index in [1.807, 2.05) is 31.2 Å². The molecule has 4 aromatic rings. The van der Waals surface area contributed by atoms with Crippen molar-refractivity contribution in [1.29, 1.82) is 0 Å². The van der Waals surface area contributed by atoms with Gasteiger partial charge in [0.15, 0.2) is 0 Å². The minimum absolute atomic E-state index is 0.353. The molecule has 0 saturated carbocycles. The molecule has 1 aliphatic heterocycles. The summed E-state index contributed by atoms with van der Waals surface area (Å²) in [6.07, 6.45) is -0.594. The lowest BCUT2D eigenvalue weighted by Gasteiger charge is -2.27. The van der Waals surface area contributed by atoms with Gasteiger partial charge in [-0.25, -0.2) is 9.18 Å². The van der Waals surface area contributed by atoms with Crippen molar-refractivity contribution in [3.05, 3.63) is 92.0 Å². The van der Waals surface area contributed by atoms with Crippen LogP contribution in [0.2, 0.25) is 0 Å². The summed E-state index contributed by atoms with van der Waals surface area (Å²) in [4.78, 5) is 26.1. The first kappa shape index (κ1) is 19.5. The highest BCUT2D eigenvalue weighted by molar-refractivity contribution is 5.96. The Bertz CT molecular complexity index is 1440. The number of fused-ring (bicyclic) bond motifs is 3. The molecule has 0 aliphatic carbocycles. The Labute approximate surface area is 177 Å². The molecule has 7 heteroatoms. The van der Waals surface area contributed by atoms with Gasteiger partial charge in [0, 0.05) is 20.6 Å². The number of benzene rings is 2. The van der Waals surface area contributed by atoms with Gasteiger partial charge in [-0.2, -0.15) is 0 Å². The lowest BCUT2D eigenvalue weighted by atomic mass is 10.0. The van der Waals surface area contributed by atoms with E-state index in [4.69, 9.17) is 4.74 Å². The summed E-state index contributed by atoms with van der Waals surface area (Å²) in [6, 6.07) is 14.2. The van der Waals surface area contributed by atoms with Gasteiger partial charge in [-0.3, -0.25) is 13.9 Å². The average Bonchev–Trinajstić information content (AvgIpc) is 3.12. The maximum atomic E-state index is 14.0. The number of rotatable bonds is 2. The van der Waals surface area contributed by atoms with E-state index in [-0.39, 0.29) is 11.4 Å². The van der Waals surface area contributed by atoms with Crippen molar-refractivity contribution < 1.29 is 9.13 Å². The second-order valence-electron chi connectivity index (χ2n) is 7.99. The van der Waals surface area contributed by atoms with Gasteiger partial charge in [0.05, 0.1) is 28.9 Å². The number of hydrogen-bond donors (Lipinski definition) is 0. The molecule has 0 spiro atoms. The second kappa shape index (κ2) is 7.06. The third-order valence-electron chi connectivity index (χ3n) is 6.03. The van der Waals surface area contributed by atoms with E-state index in [1.165, 1.54) is 23.7 Å². The Morgan fingerprint density at radius 2 is 1.77 bits per heavy atom. The van der Waals surface area contributed by atoms with Crippen LogP contribution in [0.5, 0.6) is 0 Å². The Morgan fingerprint density at radius 3 is 2.48 bits per heavy atom. The van der Waals surface area contributed by atoms with Crippen LogP contribution in [0.3, 0.4) is 0 Å². The molecule has 5 rings (SSSR count). The Kier molecular flexibility index (Phi) is 4.44. The van der Waals surface area contributed by atoms with Gasteiger partial charge in [-0.1, -0.05) is 42.0 Å². The van der Waals surface area contributed by atoms with Crippen LogP contribution in [0.25, 0.3) is 22.2 Å². The minimum atomic E-state index is -0.594. The fraction of sp³-hybridized carbons (Fsp3) is 0.250. The van der Waals surface area contributed by atoms with Gasteiger partial charge < -0.3 is 9.30 Å². The molecule has 2 aromatic heterocycles. The zero-order valence-corrected chi connectivity index (χ0v) is 17.6. The highest BCUT2D eigenvalue weighted by Crippen LogP contribution is 2.40. The third kappa shape index (κ3) is 2.88. The summed E-state index contributed by atoms with van der Waals surface area (Å²) in [5, 5.41) is 0.468. The molecule has 31 heavy (non-hydrogen) atoms. The second-order valence-corrected chi connectivity index (χ2v) is 7.99. The van der Waals surface area contributed by atoms with Gasteiger partial charge in [0.1, 0.15) is 11.9 Å². The third-order valence-corrected chi connectivity index (χ3v) is 6.03. The fourth-order valence-corrected chi connectivity index (χ4v) is 4.51. The molecule has 1 aliphatic rings. The highest BCUT2D eigenvalue weighted by Gasteiger charge is 2.33. The largest absolute Gasteiger partial charge is 0.365 e. The fourth-order valence-electron chi connectivity index (χ4n) is 4.51. The number of ether oxygens (including phenoxy) is 1. The molecule has 0 fully saturated rings. The first-order valence-corrected chi connectivity index (χ1v) is 10.1. The van der Waals surface area contributed by atoms with Crippen molar-refractivity contribution in [3.63, 3.8) is 0 Å².